The lowest BCUT2D eigenvalue weighted by molar-refractivity contribution is -0.124. The van der Waals surface area contributed by atoms with Gasteiger partial charge in [0, 0.05) is 25.6 Å². The molecule has 2 rings (SSSR count). The monoisotopic (exact) mass is 325 g/mol. The van der Waals surface area contributed by atoms with Crippen molar-refractivity contribution in [1.82, 2.24) is 16.0 Å². The summed E-state index contributed by atoms with van der Waals surface area (Å²) in [6.45, 7) is 3.92. The molecular formula is C17H31N3O3. The number of hydrogen-bond acceptors (Lipinski definition) is 3. The number of amides is 3. The molecular weight excluding hydrogens is 294 g/mol. The molecule has 0 bridgehead atoms. The summed E-state index contributed by atoms with van der Waals surface area (Å²) < 4.78 is 5.44. The van der Waals surface area contributed by atoms with Gasteiger partial charge in [-0.25, -0.2) is 4.79 Å². The molecule has 0 aromatic rings. The molecule has 2 fully saturated rings. The van der Waals surface area contributed by atoms with Crippen LogP contribution in [0.3, 0.4) is 0 Å². The fraction of sp³-hybridized carbons (Fsp3) is 0.882. The molecule has 23 heavy (non-hydrogen) atoms. The van der Waals surface area contributed by atoms with Gasteiger partial charge in [-0.3, -0.25) is 4.79 Å². The predicted octanol–water partition coefficient (Wildman–Crippen LogP) is 2.08. The summed E-state index contributed by atoms with van der Waals surface area (Å²) in [7, 11) is 0. The van der Waals surface area contributed by atoms with E-state index in [1.165, 1.54) is 19.3 Å². The van der Waals surface area contributed by atoms with Crippen LogP contribution in [0, 0.1) is 0 Å². The normalized spacial score (nSPS) is 25.6. The van der Waals surface area contributed by atoms with E-state index in [0.29, 0.717) is 32.0 Å². The Morgan fingerprint density at radius 1 is 1.17 bits per heavy atom. The molecule has 132 valence electrons. The molecule has 0 spiro atoms. The number of rotatable bonds is 6. The Morgan fingerprint density at radius 2 is 1.96 bits per heavy atom. The van der Waals surface area contributed by atoms with Gasteiger partial charge in [-0.15, -0.1) is 0 Å². The molecule has 6 heteroatoms. The Hall–Kier alpha value is -1.30. The van der Waals surface area contributed by atoms with Gasteiger partial charge in [0.2, 0.25) is 5.91 Å². The zero-order valence-corrected chi connectivity index (χ0v) is 14.3. The van der Waals surface area contributed by atoms with Crippen LogP contribution >= 0.6 is 0 Å². The summed E-state index contributed by atoms with van der Waals surface area (Å²) in [5.74, 6) is 0.0347. The highest BCUT2D eigenvalue weighted by Crippen LogP contribution is 2.18. The van der Waals surface area contributed by atoms with Crippen molar-refractivity contribution in [2.75, 3.05) is 19.8 Å². The van der Waals surface area contributed by atoms with Crippen molar-refractivity contribution in [1.29, 1.82) is 0 Å². The second-order valence-corrected chi connectivity index (χ2v) is 7.10. The standard InChI is InChI=1S/C17H31N3O3/c1-17(10-6-12-23-13-17)20-15(21)9-5-11-18-16(22)19-14-7-3-2-4-8-14/h14H,2-13H2,1H3,(H,20,21)(H2,18,19,22)/t17-/m0/s1. The number of hydrogen-bond donors (Lipinski definition) is 3. The van der Waals surface area contributed by atoms with Crippen molar-refractivity contribution in [2.45, 2.75) is 76.3 Å². The molecule has 3 amide bonds. The van der Waals surface area contributed by atoms with E-state index in [1.807, 2.05) is 6.92 Å². The number of urea groups is 1. The average Bonchev–Trinajstić information content (AvgIpc) is 2.53. The Kier molecular flexibility index (Phi) is 7.15. The highest BCUT2D eigenvalue weighted by atomic mass is 16.5. The van der Waals surface area contributed by atoms with E-state index in [2.05, 4.69) is 16.0 Å². The van der Waals surface area contributed by atoms with Crippen LogP contribution in [-0.2, 0) is 9.53 Å². The second kappa shape index (κ2) is 9.11. The molecule has 6 nitrogen and oxygen atoms in total. The maximum absolute atomic E-state index is 12.0. The minimum absolute atomic E-state index is 0.0347. The molecule has 0 unspecified atom stereocenters. The first-order valence-electron chi connectivity index (χ1n) is 9.00. The summed E-state index contributed by atoms with van der Waals surface area (Å²) in [4.78, 5) is 23.8. The highest BCUT2D eigenvalue weighted by Gasteiger charge is 2.28. The molecule has 1 atom stereocenters. The van der Waals surface area contributed by atoms with Crippen LogP contribution in [0.4, 0.5) is 4.79 Å². The van der Waals surface area contributed by atoms with Crippen molar-refractivity contribution in [3.05, 3.63) is 0 Å². The summed E-state index contributed by atoms with van der Waals surface area (Å²) in [5.41, 5.74) is -0.235. The second-order valence-electron chi connectivity index (χ2n) is 7.10. The zero-order chi connectivity index (χ0) is 16.5. The van der Waals surface area contributed by atoms with Gasteiger partial charge in [-0.05, 0) is 39.0 Å². The topological polar surface area (TPSA) is 79.5 Å². The van der Waals surface area contributed by atoms with Gasteiger partial charge in [0.1, 0.15) is 0 Å². The Morgan fingerprint density at radius 3 is 2.65 bits per heavy atom. The molecule has 2 aliphatic rings. The SMILES string of the molecule is C[C@]1(NC(=O)CCCNC(=O)NC2CCCCC2)CCCOC1. The van der Waals surface area contributed by atoms with E-state index < -0.39 is 0 Å². The molecule has 0 radical (unpaired) electrons. The van der Waals surface area contributed by atoms with E-state index >= 15 is 0 Å². The van der Waals surface area contributed by atoms with Gasteiger partial charge in [0.15, 0.2) is 0 Å². The smallest absolute Gasteiger partial charge is 0.315 e. The van der Waals surface area contributed by atoms with E-state index in [-0.39, 0.29) is 17.5 Å². The minimum atomic E-state index is -0.235. The first-order chi connectivity index (χ1) is 11.1. The highest BCUT2D eigenvalue weighted by molar-refractivity contribution is 5.77. The molecule has 1 aliphatic heterocycles. The van der Waals surface area contributed by atoms with Crippen LogP contribution in [0.1, 0.15) is 64.7 Å². The molecule has 1 saturated heterocycles. The van der Waals surface area contributed by atoms with Gasteiger partial charge in [0.05, 0.1) is 12.1 Å². The van der Waals surface area contributed by atoms with Crippen LogP contribution in [-0.4, -0.2) is 43.3 Å². The number of carbonyl (C=O) groups is 2. The third kappa shape index (κ3) is 6.77. The van der Waals surface area contributed by atoms with E-state index in [0.717, 1.165) is 32.3 Å². The van der Waals surface area contributed by atoms with Crippen LogP contribution < -0.4 is 16.0 Å². The van der Waals surface area contributed by atoms with Gasteiger partial charge in [-0.1, -0.05) is 19.3 Å². The lowest BCUT2D eigenvalue weighted by Crippen LogP contribution is -2.51. The lowest BCUT2D eigenvalue weighted by Gasteiger charge is -2.34. The van der Waals surface area contributed by atoms with E-state index in [1.54, 1.807) is 0 Å². The summed E-state index contributed by atoms with van der Waals surface area (Å²) in [6.07, 6.45) is 8.87. The van der Waals surface area contributed by atoms with Gasteiger partial charge < -0.3 is 20.7 Å². The number of nitrogens with one attached hydrogen (secondary N) is 3. The van der Waals surface area contributed by atoms with Crippen LogP contribution in [0.25, 0.3) is 0 Å². The number of ether oxygens (including phenoxy) is 1. The largest absolute Gasteiger partial charge is 0.379 e. The van der Waals surface area contributed by atoms with Gasteiger partial charge in [-0.2, -0.15) is 0 Å². The predicted molar refractivity (Wildman–Crippen MR) is 89.2 cm³/mol. The third-order valence-electron chi connectivity index (χ3n) is 4.69. The minimum Gasteiger partial charge on any atom is -0.379 e. The fourth-order valence-electron chi connectivity index (χ4n) is 3.37. The quantitative estimate of drug-likeness (QED) is 0.654. The first-order valence-corrected chi connectivity index (χ1v) is 9.00. The van der Waals surface area contributed by atoms with Crippen molar-refractivity contribution >= 4 is 11.9 Å². The van der Waals surface area contributed by atoms with Crippen LogP contribution in [0.2, 0.25) is 0 Å². The summed E-state index contributed by atoms with van der Waals surface area (Å²) in [5, 5.41) is 8.91. The van der Waals surface area contributed by atoms with E-state index in [4.69, 9.17) is 4.74 Å². The lowest BCUT2D eigenvalue weighted by atomic mass is 9.94. The molecule has 3 N–H and O–H groups in total. The van der Waals surface area contributed by atoms with Crippen molar-refractivity contribution < 1.29 is 14.3 Å². The molecule has 0 aromatic heterocycles. The van der Waals surface area contributed by atoms with Crippen molar-refractivity contribution in [3.63, 3.8) is 0 Å². The Labute approximate surface area is 139 Å². The van der Waals surface area contributed by atoms with Crippen LogP contribution in [0.5, 0.6) is 0 Å². The first kappa shape index (κ1) is 18.0. The van der Waals surface area contributed by atoms with Crippen molar-refractivity contribution in [3.8, 4) is 0 Å². The van der Waals surface area contributed by atoms with Gasteiger partial charge in [0.25, 0.3) is 0 Å². The Bertz CT molecular complexity index is 389. The number of carbonyl (C=O) groups excluding carboxylic acids is 2. The molecule has 0 aromatic carbocycles. The fourth-order valence-corrected chi connectivity index (χ4v) is 3.37. The zero-order valence-electron chi connectivity index (χ0n) is 14.3. The molecule has 1 aliphatic carbocycles. The average molecular weight is 325 g/mol. The third-order valence-corrected chi connectivity index (χ3v) is 4.69. The Balaban J connectivity index is 1.53. The molecule has 1 saturated carbocycles. The summed E-state index contributed by atoms with van der Waals surface area (Å²) in [6, 6.07) is 0.211. The van der Waals surface area contributed by atoms with Crippen LogP contribution in [0.15, 0.2) is 0 Å². The van der Waals surface area contributed by atoms with Gasteiger partial charge >= 0.3 is 6.03 Å². The maximum Gasteiger partial charge on any atom is 0.315 e. The van der Waals surface area contributed by atoms with E-state index in [9.17, 15) is 9.59 Å². The summed E-state index contributed by atoms with van der Waals surface area (Å²) >= 11 is 0. The molecule has 1 heterocycles. The maximum atomic E-state index is 12.0. The van der Waals surface area contributed by atoms with Crippen molar-refractivity contribution in [2.24, 2.45) is 0 Å².